The molecule has 402 valence electrons. The van der Waals surface area contributed by atoms with Crippen LogP contribution in [0.25, 0.3) is 0 Å². The molecule has 6 N–H and O–H groups in total. The van der Waals surface area contributed by atoms with E-state index in [-0.39, 0.29) is 0 Å². The summed E-state index contributed by atoms with van der Waals surface area (Å²) in [5.74, 6) is 3.70. The van der Waals surface area contributed by atoms with E-state index >= 15 is 0 Å². The summed E-state index contributed by atoms with van der Waals surface area (Å²) in [5, 5.41) is 22.9. The second-order valence-electron chi connectivity index (χ2n) is 21.0. The van der Waals surface area contributed by atoms with Crippen molar-refractivity contribution >= 4 is 23.3 Å². The van der Waals surface area contributed by atoms with Gasteiger partial charge in [0.15, 0.2) is 0 Å². The number of hydrogen-bond donors (Lipinski definition) is 6. The minimum atomic E-state index is 0.719. The summed E-state index contributed by atoms with van der Waals surface area (Å²) in [6, 6.07) is 26.3. The monoisotopic (exact) mass is 1020 g/mol. The molecule has 7 aromatic rings. The Morgan fingerprint density at radius 3 is 0.737 bits per heavy atom. The predicted molar refractivity (Wildman–Crippen MR) is 321 cm³/mol. The molecular weight excluding hydrogens is 933 g/mol. The molecule has 3 aromatic carbocycles. The first-order chi connectivity index (χ1) is 36.6. The van der Waals surface area contributed by atoms with E-state index in [4.69, 9.17) is 19.9 Å². The van der Waals surface area contributed by atoms with Crippen LogP contribution in [-0.2, 0) is 90.9 Å². The molecule has 0 fully saturated rings. The minimum absolute atomic E-state index is 0.719. The van der Waals surface area contributed by atoms with Gasteiger partial charge in [0.25, 0.3) is 0 Å². The van der Waals surface area contributed by atoms with Gasteiger partial charge in [-0.15, -0.1) is 0 Å². The van der Waals surface area contributed by atoms with Crippen LogP contribution in [-0.4, -0.2) is 19.9 Å². The van der Waals surface area contributed by atoms with Gasteiger partial charge < -0.3 is 31.9 Å². The van der Waals surface area contributed by atoms with Crippen LogP contribution in [0.4, 0.5) is 23.3 Å². The van der Waals surface area contributed by atoms with E-state index in [1.54, 1.807) is 0 Å². The molecule has 0 unspecified atom stereocenters. The van der Waals surface area contributed by atoms with E-state index in [9.17, 15) is 0 Å². The first-order valence-electron chi connectivity index (χ1n) is 28.2. The van der Waals surface area contributed by atoms with Gasteiger partial charge in [0.1, 0.15) is 23.3 Å². The Balaban J connectivity index is 1.14. The van der Waals surface area contributed by atoms with E-state index in [0.717, 1.165) is 137 Å². The number of benzene rings is 3. The first-order valence-corrected chi connectivity index (χ1v) is 28.2. The molecule has 0 spiro atoms. The number of aryl methyl sites for hydroxylation is 8. The molecule has 10 nitrogen and oxygen atoms in total. The Kier molecular flexibility index (Phi) is 20.2. The zero-order chi connectivity index (χ0) is 54.5. The van der Waals surface area contributed by atoms with Crippen molar-refractivity contribution in [3.8, 4) is 0 Å². The maximum atomic E-state index is 4.87. The van der Waals surface area contributed by atoms with Crippen molar-refractivity contribution in [1.29, 1.82) is 0 Å². The van der Waals surface area contributed by atoms with Crippen LogP contribution >= 0.6 is 0 Å². The zero-order valence-corrected chi connectivity index (χ0v) is 48.6. The highest BCUT2D eigenvalue weighted by Gasteiger charge is 2.24. The lowest BCUT2D eigenvalue weighted by molar-refractivity contribution is 0.667. The van der Waals surface area contributed by atoms with Gasteiger partial charge in [-0.05, 0) is 243 Å². The molecule has 0 aliphatic heterocycles. The molecule has 0 atom stereocenters. The summed E-state index contributed by atoms with van der Waals surface area (Å²) in [5.41, 5.74) is 28.5. The highest BCUT2D eigenvalue weighted by atomic mass is 15.0. The maximum Gasteiger partial charge on any atom is 0.126 e. The Labute approximate surface area is 456 Å². The topological polar surface area (TPSA) is 124 Å². The molecular formula is C66H88N10. The SMILES string of the molecule is CCc1c(CNCc2cccc(CNCc3c(CC)c(CNc4cc(C)cc(C)n4)c(CC)c(CNc4cc(C)cc(C)n4)c3CC)c2)c(CC)c(CNc2cc(C)cc(C)n2)c(CC)c1CNc1cc(C)cc(C)n1. The van der Waals surface area contributed by atoms with Crippen molar-refractivity contribution < 1.29 is 0 Å². The van der Waals surface area contributed by atoms with Crippen LogP contribution in [0, 0.1) is 55.4 Å². The normalized spacial score (nSPS) is 11.3. The third kappa shape index (κ3) is 14.4. The van der Waals surface area contributed by atoms with E-state index in [2.05, 4.69) is 202 Å². The lowest BCUT2D eigenvalue weighted by Crippen LogP contribution is -2.22. The second-order valence-corrected chi connectivity index (χ2v) is 21.0. The maximum absolute atomic E-state index is 4.87. The van der Waals surface area contributed by atoms with Gasteiger partial charge in [-0.2, -0.15) is 0 Å². The predicted octanol–water partition coefficient (Wildman–Crippen LogP) is 14.1. The average Bonchev–Trinajstić information content (AvgIpc) is 3.37. The smallest absolute Gasteiger partial charge is 0.126 e. The Morgan fingerprint density at radius 1 is 0.276 bits per heavy atom. The third-order valence-electron chi connectivity index (χ3n) is 14.9. The highest BCUT2D eigenvalue weighted by molar-refractivity contribution is 5.57. The third-order valence-corrected chi connectivity index (χ3v) is 14.9. The molecule has 7 rings (SSSR count). The van der Waals surface area contributed by atoms with Gasteiger partial charge in [0, 0.05) is 75.1 Å². The second kappa shape index (κ2) is 26.9. The van der Waals surface area contributed by atoms with Crippen LogP contribution in [0.15, 0.2) is 72.8 Å². The van der Waals surface area contributed by atoms with Crippen LogP contribution in [0.5, 0.6) is 0 Å². The molecule has 0 saturated heterocycles. The molecule has 10 heteroatoms. The van der Waals surface area contributed by atoms with Gasteiger partial charge >= 0.3 is 0 Å². The number of anilines is 4. The number of pyridine rings is 4. The number of nitrogens with zero attached hydrogens (tertiary/aromatic N) is 4. The standard InChI is InChI=1S/C66H88N10/c1-15-51-57(52(16-2)60(38-70-64-29-42(8)25-46(12)74-64)55(19-5)59(51)37-69-63-28-41(7)24-45(11)73-63)35-67-33-49-22-21-23-50(32-49)34-68-36-58-53(17-3)61(39-71-65-30-43(9)26-47(13)75-65)56(20-6)62(54(58)18-4)40-72-66-31-44(10)27-48(14)76-66/h21-32,67-68H,15-20,33-40H2,1-14H3,(H,69,73)(H,70,74)(H,71,75)(H,72,76). The van der Waals surface area contributed by atoms with E-state index in [1.807, 2.05) is 0 Å². The summed E-state index contributed by atoms with van der Waals surface area (Å²) < 4.78 is 0. The molecule has 76 heavy (non-hydrogen) atoms. The Bertz CT molecular complexity index is 2660. The summed E-state index contributed by atoms with van der Waals surface area (Å²) in [6.07, 6.45) is 5.69. The van der Waals surface area contributed by atoms with Crippen molar-refractivity contribution in [2.45, 2.75) is 188 Å². The summed E-state index contributed by atoms with van der Waals surface area (Å²) in [6.45, 7) is 36.7. The van der Waals surface area contributed by atoms with E-state index in [1.165, 1.54) is 100 Å². The largest absolute Gasteiger partial charge is 0.366 e. The number of nitrogens with one attached hydrogen (secondary N) is 6. The van der Waals surface area contributed by atoms with Crippen LogP contribution < -0.4 is 31.9 Å². The average molecular weight is 1020 g/mol. The van der Waals surface area contributed by atoms with Crippen molar-refractivity contribution in [3.05, 3.63) is 196 Å². The quantitative estimate of drug-likeness (QED) is 0.0313. The summed E-state index contributed by atoms with van der Waals surface area (Å²) in [4.78, 5) is 19.5. The van der Waals surface area contributed by atoms with Crippen LogP contribution in [0.1, 0.15) is 164 Å². The van der Waals surface area contributed by atoms with Crippen LogP contribution in [0.3, 0.4) is 0 Å². The fourth-order valence-corrected chi connectivity index (χ4v) is 12.0. The number of rotatable bonds is 26. The molecule has 0 bridgehead atoms. The van der Waals surface area contributed by atoms with Gasteiger partial charge in [-0.3, -0.25) is 0 Å². The van der Waals surface area contributed by atoms with E-state index < -0.39 is 0 Å². The molecule has 4 heterocycles. The first kappa shape index (κ1) is 57.1. The lowest BCUT2D eigenvalue weighted by atomic mass is 9.83. The summed E-state index contributed by atoms with van der Waals surface area (Å²) in [7, 11) is 0. The number of aromatic nitrogens is 4. The van der Waals surface area contributed by atoms with E-state index in [0.29, 0.717) is 0 Å². The van der Waals surface area contributed by atoms with Crippen LogP contribution in [0.2, 0.25) is 0 Å². The molecule has 0 aliphatic carbocycles. The molecule has 0 saturated carbocycles. The van der Waals surface area contributed by atoms with Gasteiger partial charge in [0.05, 0.1) is 0 Å². The van der Waals surface area contributed by atoms with Crippen molar-refractivity contribution in [2.75, 3.05) is 21.3 Å². The Morgan fingerprint density at radius 2 is 0.513 bits per heavy atom. The van der Waals surface area contributed by atoms with Gasteiger partial charge in [0.2, 0.25) is 0 Å². The fraction of sp³-hybridized carbons (Fsp3) is 0.424. The molecule has 0 radical (unpaired) electrons. The van der Waals surface area contributed by atoms with Crippen molar-refractivity contribution in [1.82, 2.24) is 30.6 Å². The minimum Gasteiger partial charge on any atom is -0.366 e. The lowest BCUT2D eigenvalue weighted by Gasteiger charge is -2.27. The molecule has 0 amide bonds. The summed E-state index contributed by atoms with van der Waals surface area (Å²) >= 11 is 0. The molecule has 4 aromatic heterocycles. The zero-order valence-electron chi connectivity index (χ0n) is 48.6. The highest BCUT2D eigenvalue weighted by Crippen LogP contribution is 2.34. The number of hydrogen-bond acceptors (Lipinski definition) is 10. The van der Waals surface area contributed by atoms with Crippen molar-refractivity contribution in [2.24, 2.45) is 0 Å². The van der Waals surface area contributed by atoms with Crippen molar-refractivity contribution in [3.63, 3.8) is 0 Å². The molecule has 0 aliphatic rings. The fourth-order valence-electron chi connectivity index (χ4n) is 12.0. The Hall–Kier alpha value is -6.62. The van der Waals surface area contributed by atoms with Gasteiger partial charge in [-0.25, -0.2) is 19.9 Å². The van der Waals surface area contributed by atoms with Gasteiger partial charge in [-0.1, -0.05) is 65.8 Å².